The topological polar surface area (TPSA) is 82.4 Å². The molecule has 0 radical (unpaired) electrons. The summed E-state index contributed by atoms with van der Waals surface area (Å²) in [6.45, 7) is 6.50. The number of anilines is 1. The van der Waals surface area contributed by atoms with Crippen molar-refractivity contribution in [3.63, 3.8) is 0 Å². The lowest BCUT2D eigenvalue weighted by Crippen LogP contribution is -2.39. The molecule has 0 fully saturated rings. The summed E-state index contributed by atoms with van der Waals surface area (Å²) in [6.07, 6.45) is 1.81. The van der Waals surface area contributed by atoms with E-state index in [1.54, 1.807) is 18.4 Å². The number of rotatable bonds is 10. The molecule has 4 aromatic rings. The van der Waals surface area contributed by atoms with E-state index in [-0.39, 0.29) is 12.2 Å². The summed E-state index contributed by atoms with van der Waals surface area (Å²) in [6, 6.07) is 20.8. The Hall–Kier alpha value is -4.15. The summed E-state index contributed by atoms with van der Waals surface area (Å²) in [7, 11) is 3.92. The van der Waals surface area contributed by atoms with Crippen LogP contribution in [0, 0.1) is 0 Å². The Kier molecular flexibility index (Phi) is 9.71. The zero-order valence-electron chi connectivity index (χ0n) is 25.3. The highest BCUT2D eigenvalue weighted by molar-refractivity contribution is 9.10. The largest absolute Gasteiger partial charge is 0.490 e. The molecule has 0 aliphatic carbocycles. The monoisotopic (exact) mass is 675 g/mol. The Bertz CT molecular complexity index is 1880. The standard InChI is InChI=1S/C34H34BrN3O5S/c1-6-41-27-18-23(17-26(35)31(27)43-20-22-11-9-8-10-12-22)19-28-32(39)38-30(24-13-15-25(16-14-24)37(4)5)29(33(40)42-7-2)21(3)36-34(38)44-28/h8-19,30H,6-7,20H2,1-5H3/b28-19-/t30-/m0/s1. The number of carbonyl (C=O) groups excluding carboxylic acids is 1. The maximum Gasteiger partial charge on any atom is 0.338 e. The maximum absolute atomic E-state index is 14.1. The van der Waals surface area contributed by atoms with Crippen molar-refractivity contribution in [2.24, 2.45) is 4.99 Å². The molecule has 228 valence electrons. The number of allylic oxidation sites excluding steroid dienone is 1. The highest BCUT2D eigenvalue weighted by Gasteiger charge is 2.33. The molecular formula is C34H34BrN3O5S. The molecule has 1 aliphatic rings. The molecule has 0 bridgehead atoms. The molecule has 2 heterocycles. The molecule has 1 aliphatic heterocycles. The molecular weight excluding hydrogens is 642 g/mol. The number of hydrogen-bond acceptors (Lipinski definition) is 8. The Morgan fingerprint density at radius 1 is 1.05 bits per heavy atom. The van der Waals surface area contributed by atoms with Gasteiger partial charge in [-0.3, -0.25) is 9.36 Å². The van der Waals surface area contributed by atoms with E-state index >= 15 is 0 Å². The summed E-state index contributed by atoms with van der Waals surface area (Å²) < 4.78 is 20.3. The summed E-state index contributed by atoms with van der Waals surface area (Å²) in [4.78, 5) is 34.5. The number of esters is 1. The van der Waals surface area contributed by atoms with Crippen molar-refractivity contribution in [3.05, 3.63) is 119 Å². The van der Waals surface area contributed by atoms with Crippen molar-refractivity contribution >= 4 is 45.0 Å². The van der Waals surface area contributed by atoms with E-state index in [1.807, 2.05) is 98.7 Å². The van der Waals surface area contributed by atoms with Crippen molar-refractivity contribution in [1.29, 1.82) is 0 Å². The molecule has 0 N–H and O–H groups in total. The minimum absolute atomic E-state index is 0.217. The summed E-state index contributed by atoms with van der Waals surface area (Å²) in [5.41, 5.74) is 4.22. The predicted molar refractivity (Wildman–Crippen MR) is 177 cm³/mol. The Morgan fingerprint density at radius 2 is 1.77 bits per heavy atom. The second kappa shape index (κ2) is 13.7. The van der Waals surface area contributed by atoms with E-state index in [1.165, 1.54) is 11.3 Å². The van der Waals surface area contributed by atoms with E-state index in [4.69, 9.17) is 14.2 Å². The van der Waals surface area contributed by atoms with Crippen LogP contribution < -0.4 is 29.3 Å². The van der Waals surface area contributed by atoms with Crippen molar-refractivity contribution < 1.29 is 19.0 Å². The number of fused-ring (bicyclic) bond motifs is 1. The highest BCUT2D eigenvalue weighted by atomic mass is 79.9. The molecule has 10 heteroatoms. The van der Waals surface area contributed by atoms with Gasteiger partial charge >= 0.3 is 5.97 Å². The third kappa shape index (κ3) is 6.51. The van der Waals surface area contributed by atoms with Crippen molar-refractivity contribution in [2.75, 3.05) is 32.2 Å². The lowest BCUT2D eigenvalue weighted by molar-refractivity contribution is -0.139. The second-order valence-corrected chi connectivity index (χ2v) is 12.2. The quantitative estimate of drug-likeness (QED) is 0.204. The van der Waals surface area contributed by atoms with Crippen LogP contribution in [-0.4, -0.2) is 37.8 Å². The zero-order chi connectivity index (χ0) is 31.4. The molecule has 8 nitrogen and oxygen atoms in total. The van der Waals surface area contributed by atoms with Gasteiger partial charge in [0, 0.05) is 19.8 Å². The molecule has 5 rings (SSSR count). The molecule has 44 heavy (non-hydrogen) atoms. The third-order valence-electron chi connectivity index (χ3n) is 7.10. The van der Waals surface area contributed by atoms with Gasteiger partial charge in [0.2, 0.25) is 0 Å². The van der Waals surface area contributed by atoms with Gasteiger partial charge in [0.15, 0.2) is 16.3 Å². The van der Waals surface area contributed by atoms with E-state index in [2.05, 4.69) is 20.9 Å². The first-order valence-electron chi connectivity index (χ1n) is 14.3. The maximum atomic E-state index is 14.1. The average Bonchev–Trinajstić information content (AvgIpc) is 3.30. The molecule has 0 spiro atoms. The Balaban J connectivity index is 1.59. The van der Waals surface area contributed by atoms with Crippen LogP contribution in [0.5, 0.6) is 11.5 Å². The number of carbonyl (C=O) groups is 1. The summed E-state index contributed by atoms with van der Waals surface area (Å²) >= 11 is 4.93. The van der Waals surface area contributed by atoms with E-state index in [0.717, 1.165) is 22.4 Å². The van der Waals surface area contributed by atoms with E-state index < -0.39 is 12.0 Å². The lowest BCUT2D eigenvalue weighted by Gasteiger charge is -2.25. The lowest BCUT2D eigenvalue weighted by atomic mass is 9.95. The van der Waals surface area contributed by atoms with Gasteiger partial charge in [-0.25, -0.2) is 9.79 Å². The Labute approximate surface area is 268 Å². The molecule has 0 saturated heterocycles. The number of thiazole rings is 1. The van der Waals surface area contributed by atoms with Crippen LogP contribution in [0.2, 0.25) is 0 Å². The number of nitrogens with zero attached hydrogens (tertiary/aromatic N) is 3. The minimum Gasteiger partial charge on any atom is -0.490 e. The zero-order valence-corrected chi connectivity index (χ0v) is 27.7. The molecule has 3 aromatic carbocycles. The van der Waals surface area contributed by atoms with Crippen molar-refractivity contribution in [2.45, 2.75) is 33.4 Å². The number of hydrogen-bond donors (Lipinski definition) is 0. The number of ether oxygens (including phenoxy) is 3. The van der Waals surface area contributed by atoms with Crippen LogP contribution in [0.4, 0.5) is 5.69 Å². The molecule has 0 amide bonds. The second-order valence-electron chi connectivity index (χ2n) is 10.3. The molecule has 0 unspecified atom stereocenters. The van der Waals surface area contributed by atoms with Gasteiger partial charge in [-0.2, -0.15) is 0 Å². The highest BCUT2D eigenvalue weighted by Crippen LogP contribution is 2.38. The van der Waals surface area contributed by atoms with Crippen LogP contribution in [0.3, 0.4) is 0 Å². The fraction of sp³-hybridized carbons (Fsp3) is 0.265. The first-order valence-corrected chi connectivity index (χ1v) is 15.9. The van der Waals surface area contributed by atoms with Crippen LogP contribution in [0.15, 0.2) is 92.3 Å². The van der Waals surface area contributed by atoms with Gasteiger partial charge in [-0.05, 0) is 83.7 Å². The van der Waals surface area contributed by atoms with Gasteiger partial charge in [0.1, 0.15) is 6.61 Å². The number of aromatic nitrogens is 1. The Morgan fingerprint density at radius 3 is 2.43 bits per heavy atom. The van der Waals surface area contributed by atoms with Crippen molar-refractivity contribution in [1.82, 2.24) is 4.57 Å². The first kappa shape index (κ1) is 31.3. The average molecular weight is 677 g/mol. The fourth-order valence-corrected chi connectivity index (χ4v) is 6.64. The SMILES string of the molecule is CCOC(=O)C1=C(C)N=c2s/c(=C\c3cc(Br)c(OCc4ccccc4)c(OCC)c3)c(=O)n2[C@H]1c1ccc(N(C)C)cc1. The molecule has 0 saturated carbocycles. The number of benzene rings is 3. The number of halogens is 1. The van der Waals surface area contributed by atoms with Crippen LogP contribution in [-0.2, 0) is 16.1 Å². The van der Waals surface area contributed by atoms with Gasteiger partial charge in [0.05, 0.1) is 39.5 Å². The molecule has 1 aromatic heterocycles. The first-order chi connectivity index (χ1) is 21.2. The molecule has 1 atom stereocenters. The van der Waals surface area contributed by atoms with Gasteiger partial charge < -0.3 is 19.1 Å². The van der Waals surface area contributed by atoms with E-state index in [0.29, 0.717) is 49.8 Å². The van der Waals surface area contributed by atoms with Gasteiger partial charge in [0.25, 0.3) is 5.56 Å². The van der Waals surface area contributed by atoms with Crippen LogP contribution in [0.25, 0.3) is 6.08 Å². The summed E-state index contributed by atoms with van der Waals surface area (Å²) in [5.74, 6) is 0.669. The normalized spacial score (nSPS) is 14.6. The smallest absolute Gasteiger partial charge is 0.338 e. The third-order valence-corrected chi connectivity index (χ3v) is 8.67. The minimum atomic E-state index is -0.678. The van der Waals surface area contributed by atoms with Crippen LogP contribution in [0.1, 0.15) is 43.5 Å². The van der Waals surface area contributed by atoms with Crippen molar-refractivity contribution in [3.8, 4) is 11.5 Å². The summed E-state index contributed by atoms with van der Waals surface area (Å²) in [5, 5.41) is 0. The fourth-order valence-electron chi connectivity index (χ4n) is 5.02. The van der Waals surface area contributed by atoms with Gasteiger partial charge in [-0.15, -0.1) is 0 Å². The van der Waals surface area contributed by atoms with E-state index in [9.17, 15) is 9.59 Å². The van der Waals surface area contributed by atoms with Gasteiger partial charge in [-0.1, -0.05) is 53.8 Å². The predicted octanol–water partition coefficient (Wildman–Crippen LogP) is 5.60. The van der Waals surface area contributed by atoms with Crippen LogP contribution >= 0.6 is 27.3 Å².